The number of hydrogen-bond donors (Lipinski definition) is 1. The number of amides is 1. The molecule has 1 saturated heterocycles. The lowest BCUT2D eigenvalue weighted by Gasteiger charge is -2.29. The van der Waals surface area contributed by atoms with E-state index in [2.05, 4.69) is 26.3 Å². The van der Waals surface area contributed by atoms with Crippen LogP contribution in [0.1, 0.15) is 13.8 Å². The van der Waals surface area contributed by atoms with Gasteiger partial charge in [0.05, 0.1) is 25.1 Å². The summed E-state index contributed by atoms with van der Waals surface area (Å²) in [6.07, 6.45) is 1.55. The van der Waals surface area contributed by atoms with Crippen molar-refractivity contribution in [2.24, 2.45) is 0 Å². The lowest BCUT2D eigenvalue weighted by molar-refractivity contribution is -0.135. The van der Waals surface area contributed by atoms with Gasteiger partial charge in [0.2, 0.25) is 5.91 Å². The van der Waals surface area contributed by atoms with Crippen LogP contribution >= 0.6 is 15.9 Å². The highest BCUT2D eigenvalue weighted by molar-refractivity contribution is 9.10. The van der Waals surface area contributed by atoms with E-state index < -0.39 is 6.04 Å². The SMILES string of the molecule is CCn1ncc(NC(C)C(=O)N2CCOCC2)c(Br)c1=O. The maximum absolute atomic E-state index is 12.3. The van der Waals surface area contributed by atoms with Crippen molar-refractivity contribution in [2.75, 3.05) is 31.6 Å². The summed E-state index contributed by atoms with van der Waals surface area (Å²) >= 11 is 3.26. The van der Waals surface area contributed by atoms with E-state index in [1.807, 2.05) is 6.92 Å². The van der Waals surface area contributed by atoms with E-state index in [-0.39, 0.29) is 11.5 Å². The number of carbonyl (C=O) groups excluding carboxylic acids is 1. The van der Waals surface area contributed by atoms with Gasteiger partial charge in [0, 0.05) is 19.6 Å². The van der Waals surface area contributed by atoms with Gasteiger partial charge in [-0.25, -0.2) is 4.68 Å². The van der Waals surface area contributed by atoms with Gasteiger partial charge in [-0.2, -0.15) is 5.10 Å². The molecule has 0 radical (unpaired) electrons. The minimum absolute atomic E-state index is 0.00938. The smallest absolute Gasteiger partial charge is 0.283 e. The van der Waals surface area contributed by atoms with Crippen molar-refractivity contribution in [2.45, 2.75) is 26.4 Å². The summed E-state index contributed by atoms with van der Waals surface area (Å²) in [5, 5.41) is 7.09. The molecule has 0 saturated carbocycles. The zero-order valence-electron chi connectivity index (χ0n) is 12.1. The van der Waals surface area contributed by atoms with Crippen LogP contribution in [0.2, 0.25) is 0 Å². The van der Waals surface area contributed by atoms with Gasteiger partial charge in [-0.05, 0) is 29.8 Å². The number of hydrogen-bond acceptors (Lipinski definition) is 5. The molecule has 1 aromatic heterocycles. The Morgan fingerprint density at radius 2 is 2.19 bits per heavy atom. The number of halogens is 1. The number of ether oxygens (including phenoxy) is 1. The third-order valence-electron chi connectivity index (χ3n) is 3.35. The molecular formula is C13H19BrN4O3. The normalized spacial score (nSPS) is 16.6. The quantitative estimate of drug-likeness (QED) is 0.856. The Kier molecular flexibility index (Phi) is 5.35. The van der Waals surface area contributed by atoms with Crippen molar-refractivity contribution in [3.8, 4) is 0 Å². The van der Waals surface area contributed by atoms with Crippen molar-refractivity contribution in [1.29, 1.82) is 0 Å². The molecule has 1 N–H and O–H groups in total. The highest BCUT2D eigenvalue weighted by atomic mass is 79.9. The average molecular weight is 359 g/mol. The topological polar surface area (TPSA) is 76.5 Å². The van der Waals surface area contributed by atoms with E-state index in [1.54, 1.807) is 18.0 Å². The Morgan fingerprint density at radius 1 is 1.52 bits per heavy atom. The number of nitrogens with one attached hydrogen (secondary N) is 1. The lowest BCUT2D eigenvalue weighted by Crippen LogP contribution is -2.47. The summed E-state index contributed by atoms with van der Waals surface area (Å²) in [4.78, 5) is 26.0. The van der Waals surface area contributed by atoms with Crippen LogP contribution in [0.15, 0.2) is 15.5 Å². The van der Waals surface area contributed by atoms with Crippen LogP contribution < -0.4 is 10.9 Å². The second-order valence-corrected chi connectivity index (χ2v) is 5.59. The Morgan fingerprint density at radius 3 is 2.81 bits per heavy atom. The van der Waals surface area contributed by atoms with Crippen molar-refractivity contribution in [3.05, 3.63) is 21.0 Å². The summed E-state index contributed by atoms with van der Waals surface area (Å²) in [7, 11) is 0. The molecule has 0 spiro atoms. The Hall–Kier alpha value is -1.41. The van der Waals surface area contributed by atoms with Crippen molar-refractivity contribution < 1.29 is 9.53 Å². The number of aromatic nitrogens is 2. The Bertz CT molecular complexity index is 569. The molecule has 0 bridgehead atoms. The third-order valence-corrected chi connectivity index (χ3v) is 4.12. The first-order valence-corrected chi connectivity index (χ1v) is 7.72. The Labute approximate surface area is 131 Å². The zero-order valence-corrected chi connectivity index (χ0v) is 13.7. The van der Waals surface area contributed by atoms with Crippen LogP contribution in [0, 0.1) is 0 Å². The summed E-state index contributed by atoms with van der Waals surface area (Å²) in [6.45, 7) is 6.45. The molecule has 1 aliphatic heterocycles. The fourth-order valence-corrected chi connectivity index (χ4v) is 2.57. The summed E-state index contributed by atoms with van der Waals surface area (Å²) in [5.41, 5.74) is 0.312. The van der Waals surface area contributed by atoms with Gasteiger partial charge in [-0.1, -0.05) is 0 Å². The van der Waals surface area contributed by atoms with Crippen LogP contribution in [0.25, 0.3) is 0 Å². The number of nitrogens with zero attached hydrogens (tertiary/aromatic N) is 3. The number of anilines is 1. The van der Waals surface area contributed by atoms with E-state index in [1.165, 1.54) is 4.68 Å². The summed E-state index contributed by atoms with van der Waals surface area (Å²) in [6, 6.07) is -0.432. The number of aryl methyl sites for hydroxylation is 1. The molecule has 116 valence electrons. The molecule has 2 heterocycles. The molecule has 0 aliphatic carbocycles. The fraction of sp³-hybridized carbons (Fsp3) is 0.615. The highest BCUT2D eigenvalue weighted by Gasteiger charge is 2.23. The second-order valence-electron chi connectivity index (χ2n) is 4.80. The van der Waals surface area contributed by atoms with Crippen molar-refractivity contribution in [1.82, 2.24) is 14.7 Å². The number of morpholine rings is 1. The largest absolute Gasteiger partial charge is 0.378 e. The highest BCUT2D eigenvalue weighted by Crippen LogP contribution is 2.17. The van der Waals surface area contributed by atoms with Gasteiger partial charge in [0.15, 0.2) is 0 Å². The molecule has 1 unspecified atom stereocenters. The molecule has 2 rings (SSSR count). The van der Waals surface area contributed by atoms with Crippen LogP contribution in [-0.2, 0) is 16.1 Å². The van der Waals surface area contributed by atoms with Crippen LogP contribution in [0.5, 0.6) is 0 Å². The molecular weight excluding hydrogens is 340 g/mol. The molecule has 1 atom stereocenters. The maximum atomic E-state index is 12.3. The standard InChI is InChI=1S/C13H19BrN4O3/c1-3-18-13(20)11(14)10(8-15-18)16-9(2)12(19)17-4-6-21-7-5-17/h8-9,16H,3-7H2,1-2H3. The molecule has 8 heteroatoms. The minimum Gasteiger partial charge on any atom is -0.378 e. The summed E-state index contributed by atoms with van der Waals surface area (Å²) < 4.78 is 6.97. The van der Waals surface area contributed by atoms with Gasteiger partial charge in [0.25, 0.3) is 5.56 Å². The first-order valence-electron chi connectivity index (χ1n) is 6.93. The number of carbonyl (C=O) groups is 1. The predicted octanol–water partition coefficient (Wildman–Crippen LogP) is 0.685. The van der Waals surface area contributed by atoms with Gasteiger partial charge < -0.3 is 15.0 Å². The van der Waals surface area contributed by atoms with Gasteiger partial charge in [-0.15, -0.1) is 0 Å². The molecule has 1 amide bonds. The van der Waals surface area contributed by atoms with E-state index in [0.717, 1.165) is 0 Å². The summed E-state index contributed by atoms with van der Waals surface area (Å²) in [5.74, 6) is -0.00938. The first kappa shape index (κ1) is 16.0. The van der Waals surface area contributed by atoms with Crippen molar-refractivity contribution in [3.63, 3.8) is 0 Å². The minimum atomic E-state index is -0.432. The van der Waals surface area contributed by atoms with E-state index >= 15 is 0 Å². The second kappa shape index (κ2) is 7.04. The first-order chi connectivity index (χ1) is 10.0. The molecule has 1 aromatic rings. The number of rotatable bonds is 4. The van der Waals surface area contributed by atoms with Gasteiger partial charge in [0.1, 0.15) is 10.5 Å². The van der Waals surface area contributed by atoms with Gasteiger partial charge >= 0.3 is 0 Å². The van der Waals surface area contributed by atoms with E-state index in [0.29, 0.717) is 43.0 Å². The molecule has 1 fully saturated rings. The average Bonchev–Trinajstić information content (AvgIpc) is 2.52. The lowest BCUT2D eigenvalue weighted by atomic mass is 10.2. The molecule has 7 nitrogen and oxygen atoms in total. The molecule has 1 aliphatic rings. The Balaban J connectivity index is 2.08. The van der Waals surface area contributed by atoms with E-state index in [4.69, 9.17) is 4.74 Å². The van der Waals surface area contributed by atoms with Crippen LogP contribution in [-0.4, -0.2) is 52.9 Å². The van der Waals surface area contributed by atoms with Crippen molar-refractivity contribution >= 4 is 27.5 Å². The predicted molar refractivity (Wildman–Crippen MR) is 82.4 cm³/mol. The molecule has 21 heavy (non-hydrogen) atoms. The molecule has 0 aromatic carbocycles. The maximum Gasteiger partial charge on any atom is 0.283 e. The van der Waals surface area contributed by atoms with Crippen LogP contribution in [0.3, 0.4) is 0 Å². The fourth-order valence-electron chi connectivity index (χ4n) is 2.14. The van der Waals surface area contributed by atoms with E-state index in [9.17, 15) is 9.59 Å². The zero-order chi connectivity index (χ0) is 15.4. The third kappa shape index (κ3) is 3.62. The monoisotopic (exact) mass is 358 g/mol. The van der Waals surface area contributed by atoms with Gasteiger partial charge in [-0.3, -0.25) is 9.59 Å². The van der Waals surface area contributed by atoms with Crippen LogP contribution in [0.4, 0.5) is 5.69 Å².